The summed E-state index contributed by atoms with van der Waals surface area (Å²) < 4.78 is 101. The largest absolute Gasteiger partial charge is 0.416 e. The van der Waals surface area contributed by atoms with Gasteiger partial charge in [-0.3, -0.25) is 9.59 Å². The molecule has 5 rings (SSSR count). The molecule has 1 amide bonds. The summed E-state index contributed by atoms with van der Waals surface area (Å²) in [4.78, 5) is 25.9. The molecule has 11 heteroatoms. The maximum atomic E-state index is 13.8. The molecule has 0 aromatic heterocycles. The molecule has 0 bridgehead atoms. The zero-order valence-corrected chi connectivity index (χ0v) is 22.0. The molecule has 1 fully saturated rings. The Hall–Kier alpha value is -3.99. The number of ether oxygens (including phenoxy) is 1. The van der Waals surface area contributed by atoms with E-state index in [0.717, 1.165) is 0 Å². The second-order valence-electron chi connectivity index (χ2n) is 10.4. The average Bonchev–Trinajstić information content (AvgIpc) is 3.30. The van der Waals surface area contributed by atoms with Crippen molar-refractivity contribution in [1.82, 2.24) is 4.90 Å². The zero-order chi connectivity index (χ0) is 30.4. The highest BCUT2D eigenvalue weighted by Crippen LogP contribution is 2.45. The van der Waals surface area contributed by atoms with E-state index in [1.165, 1.54) is 37.3 Å². The number of alkyl halides is 6. The molecule has 0 aliphatic carbocycles. The minimum Gasteiger partial charge on any atom is -0.368 e. The summed E-state index contributed by atoms with van der Waals surface area (Å²) >= 11 is 0. The van der Waals surface area contributed by atoms with Crippen LogP contribution in [0.15, 0.2) is 72.8 Å². The van der Waals surface area contributed by atoms with Crippen molar-refractivity contribution in [1.29, 1.82) is 0 Å². The highest BCUT2D eigenvalue weighted by molar-refractivity contribution is 5.98. The third-order valence-corrected chi connectivity index (χ3v) is 7.73. The molecule has 0 radical (unpaired) electrons. The van der Waals surface area contributed by atoms with Crippen LogP contribution in [0, 0.1) is 5.82 Å². The summed E-state index contributed by atoms with van der Waals surface area (Å²) in [7, 11) is 0. The fourth-order valence-electron chi connectivity index (χ4n) is 5.67. The summed E-state index contributed by atoms with van der Waals surface area (Å²) in [6, 6.07) is 13.0. The predicted octanol–water partition coefficient (Wildman–Crippen LogP) is 7.60. The van der Waals surface area contributed by atoms with E-state index in [1.807, 2.05) is 0 Å². The monoisotopic (exact) mass is 591 g/mol. The first-order valence-electron chi connectivity index (χ1n) is 13.0. The van der Waals surface area contributed by atoms with Gasteiger partial charge in [0, 0.05) is 30.1 Å². The van der Waals surface area contributed by atoms with E-state index in [9.17, 15) is 40.3 Å². The van der Waals surface area contributed by atoms with Crippen molar-refractivity contribution in [3.05, 3.63) is 112 Å². The van der Waals surface area contributed by atoms with Gasteiger partial charge in [-0.15, -0.1) is 0 Å². The fraction of sp³-hybridized carbons (Fsp3) is 0.290. The van der Waals surface area contributed by atoms with E-state index < -0.39 is 53.5 Å². The minimum atomic E-state index is -5.02. The number of aldehydes is 1. The number of benzene rings is 3. The standard InChI is InChI=1S/C31H24F7NO3/c1-17(21-10-23(30(33,34)35)14-24(11-21)31(36,37)38)42-27-15-39-26(29(27)20-6-8-25(32)9-7-20)12-22(13-28(39)41)19-4-2-18(16-40)3-5-19/h2-11,13-14,16-17,26-27,29H,12,15H2,1H3/t17-,26+,27+,29+/m1/s1. The van der Waals surface area contributed by atoms with Crippen molar-refractivity contribution in [2.45, 2.75) is 49.9 Å². The average molecular weight is 592 g/mol. The molecular weight excluding hydrogens is 567 g/mol. The van der Waals surface area contributed by atoms with Crippen LogP contribution in [0.5, 0.6) is 0 Å². The summed E-state index contributed by atoms with van der Waals surface area (Å²) in [5, 5.41) is 0. The van der Waals surface area contributed by atoms with Crippen LogP contribution >= 0.6 is 0 Å². The van der Waals surface area contributed by atoms with E-state index in [1.54, 1.807) is 29.2 Å². The van der Waals surface area contributed by atoms with Gasteiger partial charge in [-0.05, 0) is 65.9 Å². The maximum absolute atomic E-state index is 13.8. The number of halogens is 7. The van der Waals surface area contributed by atoms with Gasteiger partial charge in [-0.25, -0.2) is 4.39 Å². The number of carbonyl (C=O) groups excluding carboxylic acids is 2. The number of amides is 1. The molecule has 0 saturated carbocycles. The van der Waals surface area contributed by atoms with Crippen LogP contribution in [0.3, 0.4) is 0 Å². The molecule has 4 nitrogen and oxygen atoms in total. The van der Waals surface area contributed by atoms with Crippen LogP contribution in [-0.2, 0) is 21.9 Å². The molecule has 3 aromatic carbocycles. The Morgan fingerprint density at radius 2 is 1.50 bits per heavy atom. The molecule has 4 atom stereocenters. The van der Waals surface area contributed by atoms with E-state index in [-0.39, 0.29) is 24.1 Å². The van der Waals surface area contributed by atoms with Gasteiger partial charge in [-0.1, -0.05) is 36.4 Å². The molecule has 220 valence electrons. The van der Waals surface area contributed by atoms with Gasteiger partial charge in [0.1, 0.15) is 12.1 Å². The van der Waals surface area contributed by atoms with Crippen LogP contribution in [0.4, 0.5) is 30.7 Å². The number of carbonyl (C=O) groups is 2. The predicted molar refractivity (Wildman–Crippen MR) is 139 cm³/mol. The van der Waals surface area contributed by atoms with Crippen molar-refractivity contribution in [3.8, 4) is 0 Å². The summed E-state index contributed by atoms with van der Waals surface area (Å²) in [6.45, 7) is 1.38. The molecule has 0 N–H and O–H groups in total. The van der Waals surface area contributed by atoms with Crippen molar-refractivity contribution in [3.63, 3.8) is 0 Å². The van der Waals surface area contributed by atoms with Gasteiger partial charge in [0.2, 0.25) is 5.91 Å². The summed E-state index contributed by atoms with van der Waals surface area (Å²) in [5.41, 5.74) is -0.761. The van der Waals surface area contributed by atoms with E-state index >= 15 is 0 Å². The molecule has 42 heavy (non-hydrogen) atoms. The number of hydrogen-bond acceptors (Lipinski definition) is 3. The van der Waals surface area contributed by atoms with Crippen LogP contribution in [0.25, 0.3) is 5.57 Å². The first-order chi connectivity index (χ1) is 19.7. The Kier molecular flexibility index (Phi) is 7.74. The number of nitrogens with zero attached hydrogens (tertiary/aromatic N) is 1. The van der Waals surface area contributed by atoms with Gasteiger partial charge in [0.25, 0.3) is 0 Å². The lowest BCUT2D eigenvalue weighted by Gasteiger charge is -2.33. The van der Waals surface area contributed by atoms with Crippen LogP contribution < -0.4 is 0 Å². The molecule has 0 spiro atoms. The van der Waals surface area contributed by atoms with Gasteiger partial charge in [0.05, 0.1) is 23.3 Å². The minimum absolute atomic E-state index is 0.0227. The third kappa shape index (κ3) is 5.97. The Morgan fingerprint density at radius 1 is 0.905 bits per heavy atom. The van der Waals surface area contributed by atoms with E-state index in [2.05, 4.69) is 0 Å². The quantitative estimate of drug-likeness (QED) is 0.219. The Bertz CT molecular complexity index is 1480. The Balaban J connectivity index is 1.49. The lowest BCUT2D eigenvalue weighted by atomic mass is 9.83. The molecule has 3 aromatic rings. The number of rotatable bonds is 6. The number of fused-ring (bicyclic) bond motifs is 1. The van der Waals surface area contributed by atoms with Gasteiger partial charge < -0.3 is 9.64 Å². The van der Waals surface area contributed by atoms with Crippen LogP contribution in [0.2, 0.25) is 0 Å². The molecule has 0 unspecified atom stereocenters. The van der Waals surface area contributed by atoms with Gasteiger partial charge in [-0.2, -0.15) is 26.3 Å². The second kappa shape index (κ2) is 11.0. The lowest BCUT2D eigenvalue weighted by molar-refractivity contribution is -0.143. The van der Waals surface area contributed by atoms with Crippen molar-refractivity contribution < 1.29 is 45.1 Å². The normalized spacial score (nSPS) is 21.6. The van der Waals surface area contributed by atoms with Crippen molar-refractivity contribution in [2.75, 3.05) is 6.54 Å². The Labute approximate surface area is 236 Å². The smallest absolute Gasteiger partial charge is 0.368 e. The highest BCUT2D eigenvalue weighted by atomic mass is 19.4. The molecule has 2 heterocycles. The lowest BCUT2D eigenvalue weighted by Crippen LogP contribution is -2.39. The fourth-order valence-corrected chi connectivity index (χ4v) is 5.67. The molecule has 1 saturated heterocycles. The van der Waals surface area contributed by atoms with E-state index in [0.29, 0.717) is 47.1 Å². The van der Waals surface area contributed by atoms with Crippen molar-refractivity contribution in [2.24, 2.45) is 0 Å². The topological polar surface area (TPSA) is 46.6 Å². The zero-order valence-electron chi connectivity index (χ0n) is 22.0. The molecular formula is C31H24F7NO3. The third-order valence-electron chi connectivity index (χ3n) is 7.73. The SMILES string of the molecule is C[C@@H](O[C@H]1CN2C(=O)C=C(c3ccc(C=O)cc3)C[C@H]2[C@@H]1c1ccc(F)cc1)c1cc(C(F)(F)F)cc(C(F)(F)F)c1. The Morgan fingerprint density at radius 3 is 2.05 bits per heavy atom. The first kappa shape index (κ1) is 29.5. The summed E-state index contributed by atoms with van der Waals surface area (Å²) in [6.07, 6.45) is -9.56. The highest BCUT2D eigenvalue weighted by Gasteiger charge is 2.48. The molecule has 2 aliphatic rings. The first-order valence-corrected chi connectivity index (χ1v) is 13.0. The number of hydrogen-bond donors (Lipinski definition) is 0. The van der Waals surface area contributed by atoms with E-state index in [4.69, 9.17) is 4.74 Å². The van der Waals surface area contributed by atoms with Crippen LogP contribution in [0.1, 0.15) is 63.5 Å². The maximum Gasteiger partial charge on any atom is 0.416 e. The molecule has 2 aliphatic heterocycles. The van der Waals surface area contributed by atoms with Crippen molar-refractivity contribution >= 4 is 17.8 Å². The van der Waals surface area contributed by atoms with Crippen LogP contribution in [-0.4, -0.2) is 35.8 Å². The summed E-state index contributed by atoms with van der Waals surface area (Å²) in [5.74, 6) is -1.41. The second-order valence-corrected chi connectivity index (χ2v) is 10.4. The van der Waals surface area contributed by atoms with Gasteiger partial charge in [0.15, 0.2) is 0 Å². The van der Waals surface area contributed by atoms with Gasteiger partial charge >= 0.3 is 12.4 Å².